The van der Waals surface area contributed by atoms with Gasteiger partial charge in [0.15, 0.2) is 9.84 Å². The van der Waals surface area contributed by atoms with Gasteiger partial charge in [0.2, 0.25) is 0 Å². The van der Waals surface area contributed by atoms with Crippen molar-refractivity contribution in [3.63, 3.8) is 0 Å². The summed E-state index contributed by atoms with van der Waals surface area (Å²) in [5.41, 5.74) is 5.67. The van der Waals surface area contributed by atoms with E-state index in [0.717, 1.165) is 12.0 Å². The Hall–Kier alpha value is -2.92. The van der Waals surface area contributed by atoms with Gasteiger partial charge in [0, 0.05) is 5.69 Å². The van der Waals surface area contributed by atoms with Crippen molar-refractivity contribution in [2.75, 3.05) is 11.1 Å². The molecule has 4 nitrogen and oxygen atoms in total. The van der Waals surface area contributed by atoms with Crippen LogP contribution in [0.15, 0.2) is 71.6 Å². The Labute approximate surface area is 158 Å². The number of nitrogens with one attached hydrogen (secondary N) is 1. The summed E-state index contributed by atoms with van der Waals surface area (Å²) in [7, 11) is -3.47. The van der Waals surface area contributed by atoms with Crippen LogP contribution >= 0.6 is 0 Å². The molecule has 0 unspecified atom stereocenters. The zero-order valence-corrected chi connectivity index (χ0v) is 15.7. The van der Waals surface area contributed by atoms with Gasteiger partial charge in [0.25, 0.3) is 5.91 Å². The van der Waals surface area contributed by atoms with E-state index in [0.29, 0.717) is 5.69 Å². The van der Waals surface area contributed by atoms with Gasteiger partial charge in [-0.2, -0.15) is 0 Å². The third-order valence-corrected chi connectivity index (χ3v) is 6.68. The van der Waals surface area contributed by atoms with E-state index in [2.05, 4.69) is 17.4 Å². The van der Waals surface area contributed by atoms with Crippen LogP contribution in [0.4, 0.5) is 5.69 Å². The van der Waals surface area contributed by atoms with E-state index in [-0.39, 0.29) is 16.2 Å². The fraction of sp³-hybridized carbons (Fsp3) is 0.136. The molecule has 0 atom stereocenters. The van der Waals surface area contributed by atoms with E-state index < -0.39 is 15.7 Å². The molecule has 1 aliphatic rings. The fourth-order valence-electron chi connectivity index (χ4n) is 3.50. The van der Waals surface area contributed by atoms with Gasteiger partial charge >= 0.3 is 0 Å². The van der Waals surface area contributed by atoms with E-state index in [1.165, 1.54) is 22.8 Å². The average molecular weight is 377 g/mol. The highest BCUT2D eigenvalue weighted by molar-refractivity contribution is 7.91. The maximum absolute atomic E-state index is 12.7. The van der Waals surface area contributed by atoms with Crippen molar-refractivity contribution in [2.24, 2.45) is 0 Å². The number of benzene rings is 3. The van der Waals surface area contributed by atoms with Crippen LogP contribution < -0.4 is 5.32 Å². The van der Waals surface area contributed by atoms with E-state index in [1.807, 2.05) is 30.3 Å². The van der Waals surface area contributed by atoms with Crippen LogP contribution in [0.2, 0.25) is 0 Å². The Morgan fingerprint density at radius 3 is 2.44 bits per heavy atom. The molecular formula is C22H19NO3S. The normalized spacial score (nSPS) is 12.3. The van der Waals surface area contributed by atoms with Gasteiger partial charge in [0.05, 0.1) is 16.2 Å². The van der Waals surface area contributed by atoms with Gasteiger partial charge in [0.1, 0.15) is 0 Å². The minimum Gasteiger partial charge on any atom is -0.322 e. The first-order chi connectivity index (χ1) is 13.0. The standard InChI is InChI=1S/C22H19NO3S/c1-2-27(25,26)21-10-6-5-9-20(21)22(24)23-17-11-12-19-16(14-17)13-15-7-3-4-8-18(15)19/h3-12,14H,2,13H2,1H3,(H,23,24). The molecule has 0 saturated heterocycles. The lowest BCUT2D eigenvalue weighted by atomic mass is 10.1. The van der Waals surface area contributed by atoms with E-state index in [1.54, 1.807) is 25.1 Å². The SMILES string of the molecule is CCS(=O)(=O)c1ccccc1C(=O)Nc1ccc2c(c1)Cc1ccccc1-2. The topological polar surface area (TPSA) is 63.2 Å². The second-order valence-corrected chi connectivity index (χ2v) is 8.81. The second-order valence-electron chi connectivity index (χ2n) is 6.56. The summed E-state index contributed by atoms with van der Waals surface area (Å²) < 4.78 is 24.6. The molecule has 0 aromatic heterocycles. The third kappa shape index (κ3) is 3.15. The number of carbonyl (C=O) groups excluding carboxylic acids is 1. The summed E-state index contributed by atoms with van der Waals surface area (Å²) in [6, 6.07) is 20.4. The van der Waals surface area contributed by atoms with Gasteiger partial charge in [-0.3, -0.25) is 4.79 Å². The molecule has 0 radical (unpaired) electrons. The molecule has 0 heterocycles. The number of hydrogen-bond acceptors (Lipinski definition) is 3. The van der Waals surface area contributed by atoms with Crippen LogP contribution in [0.3, 0.4) is 0 Å². The Kier molecular flexibility index (Phi) is 4.32. The summed E-state index contributed by atoms with van der Waals surface area (Å²) >= 11 is 0. The molecule has 1 N–H and O–H groups in total. The Morgan fingerprint density at radius 2 is 1.63 bits per heavy atom. The first-order valence-corrected chi connectivity index (χ1v) is 10.5. The monoisotopic (exact) mass is 377 g/mol. The first kappa shape index (κ1) is 17.5. The highest BCUT2D eigenvalue weighted by Crippen LogP contribution is 2.37. The Balaban J connectivity index is 1.64. The predicted molar refractivity (Wildman–Crippen MR) is 107 cm³/mol. The number of fused-ring (bicyclic) bond motifs is 3. The minimum absolute atomic E-state index is 0.0472. The van der Waals surface area contributed by atoms with Crippen molar-refractivity contribution in [2.45, 2.75) is 18.2 Å². The van der Waals surface area contributed by atoms with Crippen LogP contribution in [0.5, 0.6) is 0 Å². The second kappa shape index (κ2) is 6.67. The Bertz CT molecular complexity index is 1150. The lowest BCUT2D eigenvalue weighted by molar-refractivity contribution is 0.102. The van der Waals surface area contributed by atoms with Crippen molar-refractivity contribution in [1.29, 1.82) is 0 Å². The largest absolute Gasteiger partial charge is 0.322 e. The highest BCUT2D eigenvalue weighted by atomic mass is 32.2. The van der Waals surface area contributed by atoms with Crippen LogP contribution in [-0.2, 0) is 16.3 Å². The zero-order chi connectivity index (χ0) is 19.0. The molecule has 3 aromatic carbocycles. The maximum Gasteiger partial charge on any atom is 0.256 e. The molecule has 0 bridgehead atoms. The summed E-state index contributed by atoms with van der Waals surface area (Å²) in [5.74, 6) is -0.466. The number of hydrogen-bond donors (Lipinski definition) is 1. The molecule has 0 saturated carbocycles. The lowest BCUT2D eigenvalue weighted by Crippen LogP contribution is -2.17. The molecule has 5 heteroatoms. The summed E-state index contributed by atoms with van der Waals surface area (Å²) in [5, 5.41) is 2.85. The lowest BCUT2D eigenvalue weighted by Gasteiger charge is -2.11. The van der Waals surface area contributed by atoms with E-state index in [4.69, 9.17) is 0 Å². The molecule has 0 spiro atoms. The van der Waals surface area contributed by atoms with Crippen LogP contribution in [0, 0.1) is 0 Å². The van der Waals surface area contributed by atoms with Crippen molar-refractivity contribution < 1.29 is 13.2 Å². The van der Waals surface area contributed by atoms with Gasteiger partial charge in [-0.1, -0.05) is 49.4 Å². The zero-order valence-electron chi connectivity index (χ0n) is 14.9. The van der Waals surface area contributed by atoms with Crippen LogP contribution in [0.25, 0.3) is 11.1 Å². The number of sulfone groups is 1. The molecule has 1 amide bonds. The van der Waals surface area contributed by atoms with E-state index >= 15 is 0 Å². The number of carbonyl (C=O) groups is 1. The first-order valence-electron chi connectivity index (χ1n) is 8.84. The molecule has 4 rings (SSSR count). The smallest absolute Gasteiger partial charge is 0.256 e. The van der Waals surface area contributed by atoms with Crippen LogP contribution in [0.1, 0.15) is 28.4 Å². The summed E-state index contributed by atoms with van der Waals surface area (Å²) in [6.45, 7) is 1.57. The van der Waals surface area contributed by atoms with Crippen molar-refractivity contribution in [1.82, 2.24) is 0 Å². The number of anilines is 1. The van der Waals surface area contributed by atoms with Crippen molar-refractivity contribution >= 4 is 21.4 Å². The minimum atomic E-state index is -3.47. The van der Waals surface area contributed by atoms with Gasteiger partial charge in [-0.15, -0.1) is 0 Å². The molecule has 3 aromatic rings. The van der Waals surface area contributed by atoms with Gasteiger partial charge < -0.3 is 5.32 Å². The molecular weight excluding hydrogens is 358 g/mol. The third-order valence-electron chi connectivity index (χ3n) is 4.90. The number of rotatable bonds is 4. The summed E-state index contributed by atoms with van der Waals surface area (Å²) in [4.78, 5) is 12.8. The molecule has 0 aliphatic heterocycles. The van der Waals surface area contributed by atoms with Gasteiger partial charge in [-0.05, 0) is 52.9 Å². The highest BCUT2D eigenvalue weighted by Gasteiger charge is 2.22. The molecule has 0 fully saturated rings. The molecule has 136 valence electrons. The van der Waals surface area contributed by atoms with Crippen LogP contribution in [-0.4, -0.2) is 20.1 Å². The quantitative estimate of drug-likeness (QED) is 0.577. The summed E-state index contributed by atoms with van der Waals surface area (Å²) in [6.07, 6.45) is 0.829. The predicted octanol–water partition coefficient (Wildman–Crippen LogP) is 4.30. The average Bonchev–Trinajstić information content (AvgIpc) is 3.05. The number of amides is 1. The Morgan fingerprint density at radius 1 is 0.926 bits per heavy atom. The molecule has 27 heavy (non-hydrogen) atoms. The maximum atomic E-state index is 12.7. The van der Waals surface area contributed by atoms with Crippen molar-refractivity contribution in [3.8, 4) is 11.1 Å². The fourth-order valence-corrected chi connectivity index (χ4v) is 4.59. The van der Waals surface area contributed by atoms with Gasteiger partial charge in [-0.25, -0.2) is 8.42 Å². The van der Waals surface area contributed by atoms with Crippen molar-refractivity contribution in [3.05, 3.63) is 83.4 Å². The molecule has 1 aliphatic carbocycles. The van der Waals surface area contributed by atoms with E-state index in [9.17, 15) is 13.2 Å².